The predicted octanol–water partition coefficient (Wildman–Crippen LogP) is 5.51. The number of hydrogen-bond donors (Lipinski definition) is 1. The van der Waals surface area contributed by atoms with Gasteiger partial charge in [0.15, 0.2) is 0 Å². The van der Waals surface area contributed by atoms with Crippen molar-refractivity contribution in [1.29, 1.82) is 0 Å². The third-order valence-corrected chi connectivity index (χ3v) is 4.19. The van der Waals surface area contributed by atoms with E-state index in [4.69, 9.17) is 5.11 Å². The highest BCUT2D eigenvalue weighted by atomic mass is 33.1. The van der Waals surface area contributed by atoms with Crippen LogP contribution in [0.4, 0.5) is 0 Å². The molecule has 3 heteroatoms. The van der Waals surface area contributed by atoms with Gasteiger partial charge in [0, 0.05) is 5.75 Å². The van der Waals surface area contributed by atoms with Gasteiger partial charge >= 0.3 is 0 Å². The topological polar surface area (TPSA) is 20.2 Å². The molecule has 106 valence electrons. The van der Waals surface area contributed by atoms with E-state index in [-0.39, 0.29) is 5.94 Å². The maximum absolute atomic E-state index is 8.14. The molecule has 1 nitrogen and oxygen atoms in total. The first kappa shape index (κ1) is 18.4. The molecule has 0 aliphatic rings. The van der Waals surface area contributed by atoms with Crippen molar-refractivity contribution >= 4 is 32.4 Å². The highest BCUT2D eigenvalue weighted by molar-refractivity contribution is 8.76. The molecule has 0 saturated heterocycles. The molecular formula is C16H24OS2. The SMILES string of the molecule is CC.CCSSCO.Cc1ccc2ccccc2c1. The van der Waals surface area contributed by atoms with E-state index < -0.39 is 0 Å². The Morgan fingerprint density at radius 1 is 0.947 bits per heavy atom. The van der Waals surface area contributed by atoms with Crippen LogP contribution in [0.2, 0.25) is 0 Å². The van der Waals surface area contributed by atoms with Crippen LogP contribution >= 0.6 is 21.6 Å². The molecule has 0 fully saturated rings. The minimum Gasteiger partial charge on any atom is -0.385 e. The largest absolute Gasteiger partial charge is 0.385 e. The van der Waals surface area contributed by atoms with Gasteiger partial charge in [-0.15, -0.1) is 0 Å². The first-order valence-electron chi connectivity index (χ1n) is 6.58. The van der Waals surface area contributed by atoms with Crippen LogP contribution in [0.25, 0.3) is 10.8 Å². The first-order valence-corrected chi connectivity index (χ1v) is 9.07. The van der Waals surface area contributed by atoms with E-state index in [2.05, 4.69) is 56.3 Å². The summed E-state index contributed by atoms with van der Waals surface area (Å²) in [4.78, 5) is 0. The lowest BCUT2D eigenvalue weighted by molar-refractivity contribution is 0.376. The molecule has 0 aliphatic heterocycles. The van der Waals surface area contributed by atoms with Gasteiger partial charge in [-0.1, -0.05) is 90.4 Å². The Kier molecular flexibility index (Phi) is 12.0. The number of rotatable bonds is 3. The third kappa shape index (κ3) is 8.19. The summed E-state index contributed by atoms with van der Waals surface area (Å²) in [6.07, 6.45) is 0. The van der Waals surface area contributed by atoms with Crippen LogP contribution in [0.3, 0.4) is 0 Å². The molecule has 0 aliphatic carbocycles. The monoisotopic (exact) mass is 296 g/mol. The standard InChI is InChI=1S/C11H10.C3H8OS2.C2H6/c1-9-6-7-10-4-2-3-5-11(10)8-9;1-2-5-6-3-4;1-2/h2-8H,1H3;4H,2-3H2,1H3;1-2H3. The molecule has 0 unspecified atom stereocenters. The van der Waals surface area contributed by atoms with Crippen LogP contribution in [0.15, 0.2) is 42.5 Å². The van der Waals surface area contributed by atoms with Gasteiger partial charge in [0.25, 0.3) is 0 Å². The Hall–Kier alpha value is -0.640. The van der Waals surface area contributed by atoms with Gasteiger partial charge < -0.3 is 5.11 Å². The lowest BCUT2D eigenvalue weighted by Crippen LogP contribution is -1.73. The Balaban J connectivity index is 0.000000350. The molecule has 2 aromatic carbocycles. The zero-order valence-corrected chi connectivity index (χ0v) is 13.9. The van der Waals surface area contributed by atoms with Gasteiger partial charge in [0.1, 0.15) is 0 Å². The highest BCUT2D eigenvalue weighted by Gasteiger charge is 1.89. The van der Waals surface area contributed by atoms with Crippen molar-refractivity contribution in [3.63, 3.8) is 0 Å². The highest BCUT2D eigenvalue weighted by Crippen LogP contribution is 2.17. The second-order valence-corrected chi connectivity index (χ2v) is 6.23. The third-order valence-electron chi connectivity index (χ3n) is 2.16. The van der Waals surface area contributed by atoms with Crippen LogP contribution in [-0.4, -0.2) is 16.8 Å². The van der Waals surface area contributed by atoms with Gasteiger partial charge in [-0.05, 0) is 17.7 Å². The van der Waals surface area contributed by atoms with Gasteiger partial charge in [-0.3, -0.25) is 0 Å². The van der Waals surface area contributed by atoms with Crippen molar-refractivity contribution in [2.75, 3.05) is 11.7 Å². The Bertz CT molecular complexity index is 439. The Morgan fingerprint density at radius 3 is 2.11 bits per heavy atom. The summed E-state index contributed by atoms with van der Waals surface area (Å²) in [7, 11) is 3.16. The molecule has 0 aromatic heterocycles. The van der Waals surface area contributed by atoms with Gasteiger partial charge in [-0.2, -0.15) is 0 Å². The molecule has 2 aromatic rings. The van der Waals surface area contributed by atoms with Crippen LogP contribution < -0.4 is 0 Å². The number of aryl methyl sites for hydroxylation is 1. The second-order valence-electron chi connectivity index (χ2n) is 3.50. The van der Waals surface area contributed by atoms with E-state index in [0.29, 0.717) is 0 Å². The summed E-state index contributed by atoms with van der Waals surface area (Å²) in [5, 5.41) is 10.8. The molecule has 19 heavy (non-hydrogen) atoms. The molecule has 0 atom stereocenters. The summed E-state index contributed by atoms with van der Waals surface area (Å²) in [5.41, 5.74) is 1.32. The minimum atomic E-state index is 0.235. The normalized spacial score (nSPS) is 9.11. The molecule has 0 bridgehead atoms. The number of aliphatic hydroxyl groups excluding tert-OH is 1. The van der Waals surface area contributed by atoms with E-state index in [1.807, 2.05) is 13.8 Å². The lowest BCUT2D eigenvalue weighted by Gasteiger charge is -1.96. The zero-order valence-electron chi connectivity index (χ0n) is 12.2. The number of aliphatic hydroxyl groups is 1. The van der Waals surface area contributed by atoms with E-state index in [1.165, 1.54) is 27.1 Å². The number of fused-ring (bicyclic) bond motifs is 1. The molecule has 0 radical (unpaired) electrons. The summed E-state index contributed by atoms with van der Waals surface area (Å²) in [6, 6.07) is 14.9. The van der Waals surface area contributed by atoms with E-state index in [1.54, 1.807) is 10.8 Å². The molecule has 1 N–H and O–H groups in total. The Morgan fingerprint density at radius 2 is 1.58 bits per heavy atom. The quantitative estimate of drug-likeness (QED) is 0.458. The lowest BCUT2D eigenvalue weighted by atomic mass is 10.1. The van der Waals surface area contributed by atoms with Gasteiger partial charge in [0.05, 0.1) is 5.94 Å². The molecule has 0 heterocycles. The number of hydrogen-bond acceptors (Lipinski definition) is 3. The summed E-state index contributed by atoms with van der Waals surface area (Å²) in [6.45, 7) is 8.18. The smallest absolute Gasteiger partial charge is 0.0987 e. The zero-order chi connectivity index (χ0) is 14.5. The molecule has 0 saturated carbocycles. The molecular weight excluding hydrogens is 272 g/mol. The fourth-order valence-corrected chi connectivity index (χ4v) is 2.39. The van der Waals surface area contributed by atoms with Crippen LogP contribution in [0.5, 0.6) is 0 Å². The maximum atomic E-state index is 8.14. The average molecular weight is 297 g/mol. The maximum Gasteiger partial charge on any atom is 0.0987 e. The van der Waals surface area contributed by atoms with Gasteiger partial charge in [-0.25, -0.2) is 0 Å². The minimum absolute atomic E-state index is 0.235. The average Bonchev–Trinajstić information content (AvgIpc) is 2.47. The van der Waals surface area contributed by atoms with Crippen molar-refractivity contribution in [1.82, 2.24) is 0 Å². The number of benzene rings is 2. The first-order chi connectivity index (χ1) is 9.27. The summed E-state index contributed by atoms with van der Waals surface area (Å²) < 4.78 is 0. The fourth-order valence-electron chi connectivity index (χ4n) is 1.43. The molecule has 0 spiro atoms. The van der Waals surface area contributed by atoms with E-state index >= 15 is 0 Å². The molecule has 0 amide bonds. The summed E-state index contributed by atoms with van der Waals surface area (Å²) >= 11 is 0. The van der Waals surface area contributed by atoms with Crippen molar-refractivity contribution < 1.29 is 5.11 Å². The van der Waals surface area contributed by atoms with E-state index in [0.717, 1.165) is 5.75 Å². The summed E-state index contributed by atoms with van der Waals surface area (Å²) in [5.74, 6) is 1.31. The van der Waals surface area contributed by atoms with Crippen LogP contribution in [0, 0.1) is 6.92 Å². The van der Waals surface area contributed by atoms with Crippen molar-refractivity contribution in [2.45, 2.75) is 27.7 Å². The van der Waals surface area contributed by atoms with Crippen molar-refractivity contribution in [2.24, 2.45) is 0 Å². The van der Waals surface area contributed by atoms with Gasteiger partial charge in [0.2, 0.25) is 0 Å². The fraction of sp³-hybridized carbons (Fsp3) is 0.375. The van der Waals surface area contributed by atoms with Crippen molar-refractivity contribution in [3.8, 4) is 0 Å². The predicted molar refractivity (Wildman–Crippen MR) is 92.8 cm³/mol. The van der Waals surface area contributed by atoms with Crippen molar-refractivity contribution in [3.05, 3.63) is 48.0 Å². The van der Waals surface area contributed by atoms with E-state index in [9.17, 15) is 0 Å². The van der Waals surface area contributed by atoms with Crippen LogP contribution in [-0.2, 0) is 0 Å². The molecule has 2 rings (SSSR count). The van der Waals surface area contributed by atoms with Crippen LogP contribution in [0.1, 0.15) is 26.3 Å². The second kappa shape index (κ2) is 12.4. The Labute approximate surface area is 125 Å².